The number of aromatic nitrogens is 1. The molecule has 1 aliphatic heterocycles. The van der Waals surface area contributed by atoms with E-state index in [4.69, 9.17) is 9.26 Å². The van der Waals surface area contributed by atoms with Crippen LogP contribution in [0.4, 0.5) is 11.4 Å². The number of nitrogens with zero attached hydrogens (tertiary/aromatic N) is 2. The van der Waals surface area contributed by atoms with Crippen LogP contribution in [0.25, 0.3) is 0 Å². The molecular weight excluding hydrogens is 282 g/mol. The van der Waals surface area contributed by atoms with Gasteiger partial charge >= 0.3 is 0 Å². The first kappa shape index (κ1) is 14.6. The number of para-hydroxylation sites is 2. The number of aryl methyl sites for hydroxylation is 1. The van der Waals surface area contributed by atoms with E-state index < -0.39 is 0 Å². The highest BCUT2D eigenvalue weighted by atomic mass is 16.5. The van der Waals surface area contributed by atoms with Crippen molar-refractivity contribution in [2.45, 2.75) is 13.8 Å². The molecule has 1 aromatic carbocycles. The zero-order valence-corrected chi connectivity index (χ0v) is 12.8. The molecule has 0 aliphatic carbocycles. The third-order valence-electron chi connectivity index (χ3n) is 3.88. The topological polar surface area (TPSA) is 67.6 Å². The molecule has 1 aromatic heterocycles. The van der Waals surface area contributed by atoms with Crippen molar-refractivity contribution < 1.29 is 14.1 Å². The SMILES string of the molecule is Cc1onc(C(=O)Nc2ccccc2N2CCOCC2)c1C. The third-order valence-corrected chi connectivity index (χ3v) is 3.88. The number of carbonyl (C=O) groups is 1. The van der Waals surface area contributed by atoms with Crippen LogP contribution in [0.3, 0.4) is 0 Å². The summed E-state index contributed by atoms with van der Waals surface area (Å²) in [4.78, 5) is 14.6. The monoisotopic (exact) mass is 301 g/mol. The summed E-state index contributed by atoms with van der Waals surface area (Å²) in [6.07, 6.45) is 0. The van der Waals surface area contributed by atoms with Crippen molar-refractivity contribution >= 4 is 17.3 Å². The molecule has 2 aromatic rings. The Bertz CT molecular complexity index is 675. The van der Waals surface area contributed by atoms with Gasteiger partial charge in [0, 0.05) is 18.7 Å². The predicted octanol–water partition coefficient (Wildman–Crippen LogP) is 2.38. The van der Waals surface area contributed by atoms with Gasteiger partial charge in [0.15, 0.2) is 5.69 Å². The molecule has 6 heteroatoms. The molecule has 1 aliphatic rings. The molecule has 6 nitrogen and oxygen atoms in total. The fourth-order valence-electron chi connectivity index (χ4n) is 2.47. The first-order valence-electron chi connectivity index (χ1n) is 7.33. The number of hydrogen-bond donors (Lipinski definition) is 1. The number of ether oxygens (including phenoxy) is 1. The minimum Gasteiger partial charge on any atom is -0.378 e. The number of morpholine rings is 1. The average molecular weight is 301 g/mol. The van der Waals surface area contributed by atoms with Crippen LogP contribution in [0.15, 0.2) is 28.8 Å². The van der Waals surface area contributed by atoms with Crippen molar-refractivity contribution in [3.05, 3.63) is 41.3 Å². The summed E-state index contributed by atoms with van der Waals surface area (Å²) in [6.45, 7) is 6.65. The molecule has 3 rings (SSSR count). The van der Waals surface area contributed by atoms with E-state index in [2.05, 4.69) is 15.4 Å². The summed E-state index contributed by atoms with van der Waals surface area (Å²) in [7, 11) is 0. The van der Waals surface area contributed by atoms with Gasteiger partial charge in [-0.15, -0.1) is 0 Å². The number of nitrogens with one attached hydrogen (secondary N) is 1. The van der Waals surface area contributed by atoms with Gasteiger partial charge in [-0.3, -0.25) is 4.79 Å². The zero-order valence-electron chi connectivity index (χ0n) is 12.8. The largest absolute Gasteiger partial charge is 0.378 e. The first-order chi connectivity index (χ1) is 10.7. The van der Waals surface area contributed by atoms with Gasteiger partial charge in [-0.25, -0.2) is 0 Å². The summed E-state index contributed by atoms with van der Waals surface area (Å²) >= 11 is 0. The number of benzene rings is 1. The Kier molecular flexibility index (Phi) is 4.11. The van der Waals surface area contributed by atoms with Crippen LogP contribution in [-0.4, -0.2) is 37.4 Å². The van der Waals surface area contributed by atoms with Gasteiger partial charge in [0.25, 0.3) is 5.91 Å². The standard InChI is InChI=1S/C16H19N3O3/c1-11-12(2)22-18-15(11)16(20)17-13-5-3-4-6-14(13)19-7-9-21-10-8-19/h3-6H,7-10H2,1-2H3,(H,17,20). The first-order valence-corrected chi connectivity index (χ1v) is 7.33. The Labute approximate surface area is 129 Å². The second-order valence-electron chi connectivity index (χ2n) is 5.28. The molecule has 1 saturated heterocycles. The number of amides is 1. The maximum Gasteiger partial charge on any atom is 0.278 e. The van der Waals surface area contributed by atoms with E-state index in [1.165, 1.54) is 0 Å². The molecule has 0 unspecified atom stereocenters. The molecular formula is C16H19N3O3. The average Bonchev–Trinajstić information content (AvgIpc) is 2.88. The Morgan fingerprint density at radius 2 is 1.95 bits per heavy atom. The number of rotatable bonds is 3. The molecule has 0 saturated carbocycles. The summed E-state index contributed by atoms with van der Waals surface area (Å²) in [6, 6.07) is 7.76. The van der Waals surface area contributed by atoms with Gasteiger partial charge < -0.3 is 19.5 Å². The van der Waals surface area contributed by atoms with Crippen molar-refractivity contribution in [1.29, 1.82) is 0 Å². The Morgan fingerprint density at radius 1 is 1.23 bits per heavy atom. The minimum absolute atomic E-state index is 0.255. The van der Waals surface area contributed by atoms with Crippen LogP contribution in [0.2, 0.25) is 0 Å². The number of anilines is 2. The highest BCUT2D eigenvalue weighted by Gasteiger charge is 2.19. The van der Waals surface area contributed by atoms with E-state index in [1.807, 2.05) is 31.2 Å². The molecule has 1 N–H and O–H groups in total. The minimum atomic E-state index is -0.255. The molecule has 0 spiro atoms. The molecule has 2 heterocycles. The van der Waals surface area contributed by atoms with Crippen LogP contribution in [0, 0.1) is 13.8 Å². The van der Waals surface area contributed by atoms with E-state index in [0.717, 1.165) is 30.0 Å². The maximum absolute atomic E-state index is 12.4. The van der Waals surface area contributed by atoms with E-state index >= 15 is 0 Å². The van der Waals surface area contributed by atoms with Crippen LogP contribution < -0.4 is 10.2 Å². The lowest BCUT2D eigenvalue weighted by Gasteiger charge is -2.30. The van der Waals surface area contributed by atoms with Crippen molar-refractivity contribution in [2.24, 2.45) is 0 Å². The molecule has 1 amide bonds. The van der Waals surface area contributed by atoms with Gasteiger partial charge in [0.1, 0.15) is 5.76 Å². The highest BCUT2D eigenvalue weighted by molar-refractivity contribution is 6.05. The lowest BCUT2D eigenvalue weighted by Crippen LogP contribution is -2.36. The third kappa shape index (κ3) is 2.82. The Hall–Kier alpha value is -2.34. The fraction of sp³-hybridized carbons (Fsp3) is 0.375. The van der Waals surface area contributed by atoms with Gasteiger partial charge in [-0.2, -0.15) is 0 Å². The Balaban J connectivity index is 1.83. The van der Waals surface area contributed by atoms with Crippen LogP contribution in [-0.2, 0) is 4.74 Å². The van der Waals surface area contributed by atoms with Crippen molar-refractivity contribution in [2.75, 3.05) is 36.5 Å². The smallest absolute Gasteiger partial charge is 0.278 e. The molecule has 0 atom stereocenters. The lowest BCUT2D eigenvalue weighted by atomic mass is 10.2. The summed E-state index contributed by atoms with van der Waals surface area (Å²) in [5.41, 5.74) is 2.86. The normalized spacial score (nSPS) is 14.9. The van der Waals surface area contributed by atoms with Crippen LogP contribution in [0.1, 0.15) is 21.8 Å². The van der Waals surface area contributed by atoms with E-state index in [-0.39, 0.29) is 5.91 Å². The predicted molar refractivity (Wildman–Crippen MR) is 83.4 cm³/mol. The molecule has 22 heavy (non-hydrogen) atoms. The number of carbonyl (C=O) groups excluding carboxylic acids is 1. The van der Waals surface area contributed by atoms with Crippen LogP contribution >= 0.6 is 0 Å². The van der Waals surface area contributed by atoms with Gasteiger partial charge in [-0.05, 0) is 26.0 Å². The van der Waals surface area contributed by atoms with Crippen molar-refractivity contribution in [1.82, 2.24) is 5.16 Å². The zero-order chi connectivity index (χ0) is 15.5. The fourth-order valence-corrected chi connectivity index (χ4v) is 2.47. The molecule has 1 fully saturated rings. The molecule has 116 valence electrons. The summed E-state index contributed by atoms with van der Waals surface area (Å²) < 4.78 is 10.4. The summed E-state index contributed by atoms with van der Waals surface area (Å²) in [5, 5.41) is 6.77. The van der Waals surface area contributed by atoms with Crippen molar-refractivity contribution in [3.8, 4) is 0 Å². The molecule has 0 bridgehead atoms. The summed E-state index contributed by atoms with van der Waals surface area (Å²) in [5.74, 6) is 0.404. The lowest BCUT2D eigenvalue weighted by molar-refractivity contribution is 0.101. The van der Waals surface area contributed by atoms with Gasteiger partial charge in [-0.1, -0.05) is 17.3 Å². The maximum atomic E-state index is 12.4. The second-order valence-corrected chi connectivity index (χ2v) is 5.28. The van der Waals surface area contributed by atoms with E-state index in [9.17, 15) is 4.79 Å². The van der Waals surface area contributed by atoms with Crippen LogP contribution in [0.5, 0.6) is 0 Å². The van der Waals surface area contributed by atoms with Crippen molar-refractivity contribution in [3.63, 3.8) is 0 Å². The number of hydrogen-bond acceptors (Lipinski definition) is 5. The van der Waals surface area contributed by atoms with Gasteiger partial charge in [0.2, 0.25) is 0 Å². The second kappa shape index (κ2) is 6.19. The Morgan fingerprint density at radius 3 is 2.64 bits per heavy atom. The molecule has 0 radical (unpaired) electrons. The van der Waals surface area contributed by atoms with Gasteiger partial charge in [0.05, 0.1) is 24.6 Å². The van der Waals surface area contributed by atoms with E-state index in [0.29, 0.717) is 24.7 Å². The highest BCUT2D eigenvalue weighted by Crippen LogP contribution is 2.27. The quantitative estimate of drug-likeness (QED) is 0.942. The van der Waals surface area contributed by atoms with E-state index in [1.54, 1.807) is 6.92 Å².